The number of carbonyl (C=O) groups is 1. The fraction of sp³-hybridized carbons (Fsp3) is 0.261. The van der Waals surface area contributed by atoms with Gasteiger partial charge in [0, 0.05) is 11.8 Å². The molecule has 6 heteroatoms. The third kappa shape index (κ3) is 3.78. The largest absolute Gasteiger partial charge is 0.494 e. The van der Waals surface area contributed by atoms with Crippen molar-refractivity contribution < 1.29 is 14.6 Å². The molecule has 0 amide bonds. The van der Waals surface area contributed by atoms with E-state index in [1.54, 1.807) is 6.07 Å². The lowest BCUT2D eigenvalue weighted by Gasteiger charge is -2.19. The summed E-state index contributed by atoms with van der Waals surface area (Å²) in [6, 6.07) is 10.9. The fourth-order valence-corrected chi connectivity index (χ4v) is 3.62. The van der Waals surface area contributed by atoms with Crippen LogP contribution in [-0.4, -0.2) is 27.1 Å². The van der Waals surface area contributed by atoms with Crippen molar-refractivity contribution in [3.63, 3.8) is 0 Å². The van der Waals surface area contributed by atoms with Gasteiger partial charge in [-0.25, -0.2) is 9.78 Å². The van der Waals surface area contributed by atoms with E-state index in [0.29, 0.717) is 29.9 Å². The molecule has 0 saturated carbocycles. The molecule has 0 fully saturated rings. The Bertz CT molecular complexity index is 1180. The van der Waals surface area contributed by atoms with Gasteiger partial charge in [-0.15, -0.1) is 0 Å². The monoisotopic (exact) mass is 390 g/mol. The predicted molar refractivity (Wildman–Crippen MR) is 111 cm³/mol. The van der Waals surface area contributed by atoms with Crippen LogP contribution in [0.15, 0.2) is 47.4 Å². The first kappa shape index (κ1) is 18.9. The normalized spacial score (nSPS) is 14.7. The SMILES string of the molecule is CCCOc1cccc(/C=C2\CCCc3c2nc2ccc(C(=O)O)cn2c3=O)c1. The summed E-state index contributed by atoms with van der Waals surface area (Å²) in [5.41, 5.74) is 3.69. The Morgan fingerprint density at radius 1 is 1.28 bits per heavy atom. The number of allylic oxidation sites excluding steroid dienone is 1. The van der Waals surface area contributed by atoms with Gasteiger partial charge in [0.1, 0.15) is 11.4 Å². The number of nitrogens with zero attached hydrogens (tertiary/aromatic N) is 2. The number of carboxylic acid groups (broad SMARTS) is 1. The molecule has 0 spiro atoms. The van der Waals surface area contributed by atoms with E-state index in [9.17, 15) is 14.7 Å². The number of fused-ring (bicyclic) bond motifs is 2. The van der Waals surface area contributed by atoms with E-state index in [2.05, 4.69) is 13.0 Å². The van der Waals surface area contributed by atoms with Gasteiger partial charge in [-0.1, -0.05) is 19.1 Å². The molecule has 2 heterocycles. The van der Waals surface area contributed by atoms with Crippen molar-refractivity contribution in [2.75, 3.05) is 6.61 Å². The van der Waals surface area contributed by atoms with E-state index in [0.717, 1.165) is 36.1 Å². The summed E-state index contributed by atoms with van der Waals surface area (Å²) in [6.45, 7) is 2.74. The highest BCUT2D eigenvalue weighted by Gasteiger charge is 2.21. The van der Waals surface area contributed by atoms with E-state index >= 15 is 0 Å². The number of pyridine rings is 1. The Kier molecular flexibility index (Phi) is 5.16. The second-order valence-electron chi connectivity index (χ2n) is 7.14. The number of rotatable bonds is 5. The Hall–Kier alpha value is -3.41. The molecule has 6 nitrogen and oxygen atoms in total. The molecule has 2 aromatic heterocycles. The molecular weight excluding hydrogens is 368 g/mol. The minimum atomic E-state index is -1.07. The third-order valence-corrected chi connectivity index (χ3v) is 5.01. The minimum Gasteiger partial charge on any atom is -0.494 e. The lowest BCUT2D eigenvalue weighted by atomic mass is 9.90. The molecule has 0 atom stereocenters. The van der Waals surface area contributed by atoms with E-state index in [-0.39, 0.29) is 11.1 Å². The average molecular weight is 390 g/mol. The van der Waals surface area contributed by atoms with Crippen LogP contribution in [0.5, 0.6) is 5.75 Å². The topological polar surface area (TPSA) is 80.9 Å². The number of aromatic carboxylic acids is 1. The first-order chi connectivity index (χ1) is 14.1. The molecule has 148 valence electrons. The summed E-state index contributed by atoms with van der Waals surface area (Å²) in [5.74, 6) is -0.243. The zero-order chi connectivity index (χ0) is 20.4. The summed E-state index contributed by atoms with van der Waals surface area (Å²) >= 11 is 0. The Labute approximate surface area is 168 Å². The van der Waals surface area contributed by atoms with Gasteiger partial charge in [0.2, 0.25) is 0 Å². The zero-order valence-corrected chi connectivity index (χ0v) is 16.2. The smallest absolute Gasteiger partial charge is 0.337 e. The fourth-order valence-electron chi connectivity index (χ4n) is 3.62. The van der Waals surface area contributed by atoms with Gasteiger partial charge in [0.25, 0.3) is 5.56 Å². The van der Waals surface area contributed by atoms with Gasteiger partial charge >= 0.3 is 5.97 Å². The number of carboxylic acids is 1. The van der Waals surface area contributed by atoms with E-state index in [1.807, 2.05) is 24.3 Å². The van der Waals surface area contributed by atoms with Gasteiger partial charge in [-0.3, -0.25) is 9.20 Å². The van der Waals surface area contributed by atoms with Crippen molar-refractivity contribution in [2.24, 2.45) is 0 Å². The summed E-state index contributed by atoms with van der Waals surface area (Å²) in [6.07, 6.45) is 6.68. The molecule has 0 aliphatic heterocycles. The van der Waals surface area contributed by atoms with Crippen molar-refractivity contribution in [1.29, 1.82) is 0 Å². The lowest BCUT2D eigenvalue weighted by molar-refractivity contribution is 0.0696. The molecule has 0 radical (unpaired) electrons. The molecule has 0 unspecified atom stereocenters. The van der Waals surface area contributed by atoms with E-state index in [1.165, 1.54) is 16.7 Å². The maximum absolute atomic E-state index is 13.0. The minimum absolute atomic E-state index is 0.0665. The molecule has 29 heavy (non-hydrogen) atoms. The predicted octanol–water partition coefficient (Wildman–Crippen LogP) is 4.06. The zero-order valence-electron chi connectivity index (χ0n) is 16.2. The van der Waals surface area contributed by atoms with Crippen LogP contribution in [0.25, 0.3) is 17.3 Å². The first-order valence-corrected chi connectivity index (χ1v) is 9.79. The van der Waals surface area contributed by atoms with Crippen LogP contribution >= 0.6 is 0 Å². The van der Waals surface area contributed by atoms with Gasteiger partial charge in [-0.2, -0.15) is 0 Å². The molecule has 4 rings (SSSR count). The van der Waals surface area contributed by atoms with Crippen LogP contribution in [0.1, 0.15) is 53.4 Å². The van der Waals surface area contributed by atoms with Crippen molar-refractivity contribution in [1.82, 2.24) is 9.38 Å². The Morgan fingerprint density at radius 3 is 2.93 bits per heavy atom. The molecule has 1 N–H and O–H groups in total. The van der Waals surface area contributed by atoms with E-state index in [4.69, 9.17) is 9.72 Å². The molecule has 1 aliphatic rings. The van der Waals surface area contributed by atoms with Crippen molar-refractivity contribution in [2.45, 2.75) is 32.6 Å². The van der Waals surface area contributed by atoms with Gasteiger partial charge in [0.05, 0.1) is 17.9 Å². The number of aromatic nitrogens is 2. The van der Waals surface area contributed by atoms with Gasteiger partial charge in [0.15, 0.2) is 0 Å². The number of ether oxygens (including phenoxy) is 1. The van der Waals surface area contributed by atoms with E-state index < -0.39 is 5.97 Å². The summed E-state index contributed by atoms with van der Waals surface area (Å²) in [5, 5.41) is 9.20. The highest BCUT2D eigenvalue weighted by Crippen LogP contribution is 2.30. The second kappa shape index (κ2) is 7.91. The average Bonchev–Trinajstić information content (AvgIpc) is 2.73. The van der Waals surface area contributed by atoms with Gasteiger partial charge < -0.3 is 9.84 Å². The first-order valence-electron chi connectivity index (χ1n) is 9.79. The number of benzene rings is 1. The lowest BCUT2D eigenvalue weighted by Crippen LogP contribution is -2.25. The summed E-state index contributed by atoms with van der Waals surface area (Å²) < 4.78 is 7.05. The van der Waals surface area contributed by atoms with Crippen LogP contribution in [-0.2, 0) is 6.42 Å². The Balaban J connectivity index is 1.79. The van der Waals surface area contributed by atoms with Crippen LogP contribution < -0.4 is 10.3 Å². The molecule has 1 aliphatic carbocycles. The molecule has 1 aromatic carbocycles. The number of hydrogen-bond donors (Lipinski definition) is 1. The molecular formula is C23H22N2O4. The molecule has 0 bridgehead atoms. The van der Waals surface area contributed by atoms with Gasteiger partial charge in [-0.05, 0) is 67.2 Å². The molecule has 0 saturated heterocycles. The van der Waals surface area contributed by atoms with Crippen LogP contribution in [0.3, 0.4) is 0 Å². The quantitative estimate of drug-likeness (QED) is 0.711. The molecule has 3 aromatic rings. The maximum Gasteiger partial charge on any atom is 0.337 e. The summed E-state index contributed by atoms with van der Waals surface area (Å²) in [7, 11) is 0. The van der Waals surface area contributed by atoms with Crippen LogP contribution in [0.2, 0.25) is 0 Å². The van der Waals surface area contributed by atoms with Crippen molar-refractivity contribution in [3.05, 3.63) is 75.3 Å². The highest BCUT2D eigenvalue weighted by molar-refractivity contribution is 5.88. The maximum atomic E-state index is 13.0. The standard InChI is InChI=1S/C23H22N2O4/c1-2-11-29-18-7-3-5-15(13-18)12-16-6-4-8-19-21(16)24-20-10-9-17(23(27)28)14-25(20)22(19)26/h3,5,7,9-10,12-14H,2,4,6,8,11H2,1H3,(H,27,28)/b16-12+. The third-order valence-electron chi connectivity index (χ3n) is 5.01. The van der Waals surface area contributed by atoms with Crippen LogP contribution in [0, 0.1) is 0 Å². The second-order valence-corrected chi connectivity index (χ2v) is 7.14. The van der Waals surface area contributed by atoms with Crippen molar-refractivity contribution >= 4 is 23.3 Å². The van der Waals surface area contributed by atoms with Crippen molar-refractivity contribution in [3.8, 4) is 5.75 Å². The Morgan fingerprint density at radius 2 is 2.14 bits per heavy atom. The van der Waals surface area contributed by atoms with Crippen LogP contribution in [0.4, 0.5) is 0 Å². The highest BCUT2D eigenvalue weighted by atomic mass is 16.5. The number of hydrogen-bond acceptors (Lipinski definition) is 4. The summed E-state index contributed by atoms with van der Waals surface area (Å²) in [4.78, 5) is 28.9.